The Morgan fingerprint density at radius 1 is 1.09 bits per heavy atom. The number of hydrogen-bond acceptors (Lipinski definition) is 6. The number of fused-ring (bicyclic) bond motifs is 1. The summed E-state index contributed by atoms with van der Waals surface area (Å²) in [4.78, 5) is 35.6. The van der Waals surface area contributed by atoms with Gasteiger partial charge in [-0.05, 0) is 25.0 Å². The molecule has 1 saturated heterocycles. The van der Waals surface area contributed by atoms with Crippen molar-refractivity contribution < 1.29 is 9.90 Å². The van der Waals surface area contributed by atoms with Gasteiger partial charge >= 0.3 is 6.03 Å². The Bertz CT molecular complexity index is 1370. The van der Waals surface area contributed by atoms with E-state index >= 15 is 0 Å². The fraction of sp³-hybridized carbons (Fsp3) is 0.292. The number of aliphatic hydroxyl groups is 1. The SMILES string of the molecule is CNC(=O)N1CCC(O)(Cn2cnc3c(cnn3-c3ccc(-c4ccccc4)nc3)c2=O)CC1. The summed E-state index contributed by atoms with van der Waals surface area (Å²) in [6.45, 7) is 0.948. The minimum Gasteiger partial charge on any atom is -0.388 e. The van der Waals surface area contributed by atoms with E-state index in [1.807, 2.05) is 42.5 Å². The summed E-state index contributed by atoms with van der Waals surface area (Å²) in [6.07, 6.45) is 5.39. The fourth-order valence-corrected chi connectivity index (χ4v) is 4.30. The number of urea groups is 1. The molecule has 4 heterocycles. The van der Waals surface area contributed by atoms with Crippen molar-refractivity contribution in [1.82, 2.24) is 34.5 Å². The summed E-state index contributed by atoms with van der Waals surface area (Å²) in [5.74, 6) is 0. The minimum absolute atomic E-state index is 0.106. The van der Waals surface area contributed by atoms with E-state index in [-0.39, 0.29) is 18.1 Å². The van der Waals surface area contributed by atoms with Crippen molar-refractivity contribution in [2.75, 3.05) is 20.1 Å². The smallest absolute Gasteiger partial charge is 0.317 e. The van der Waals surface area contributed by atoms with E-state index in [4.69, 9.17) is 0 Å². The lowest BCUT2D eigenvalue weighted by Gasteiger charge is -2.38. The van der Waals surface area contributed by atoms with Crippen LogP contribution in [0.4, 0.5) is 4.79 Å². The first kappa shape index (κ1) is 21.8. The molecule has 0 radical (unpaired) electrons. The fourth-order valence-electron chi connectivity index (χ4n) is 4.30. The van der Waals surface area contributed by atoms with E-state index in [1.54, 1.807) is 22.8 Å². The molecule has 10 heteroatoms. The molecule has 34 heavy (non-hydrogen) atoms. The largest absolute Gasteiger partial charge is 0.388 e. The molecule has 3 aromatic heterocycles. The number of carbonyl (C=O) groups excluding carboxylic acids is 1. The molecule has 2 N–H and O–H groups in total. The highest BCUT2D eigenvalue weighted by Gasteiger charge is 2.34. The van der Waals surface area contributed by atoms with Crippen molar-refractivity contribution in [3.05, 3.63) is 71.5 Å². The number of amides is 2. The summed E-state index contributed by atoms with van der Waals surface area (Å²) in [5, 5.41) is 18.3. The summed E-state index contributed by atoms with van der Waals surface area (Å²) in [7, 11) is 1.58. The molecule has 0 bridgehead atoms. The number of piperidine rings is 1. The van der Waals surface area contributed by atoms with E-state index in [2.05, 4.69) is 20.4 Å². The van der Waals surface area contributed by atoms with Gasteiger partial charge in [0, 0.05) is 25.7 Å². The van der Waals surface area contributed by atoms with Gasteiger partial charge in [0.05, 0.1) is 35.9 Å². The maximum absolute atomic E-state index is 13.1. The molecule has 0 atom stereocenters. The number of pyridine rings is 1. The Balaban J connectivity index is 1.38. The summed E-state index contributed by atoms with van der Waals surface area (Å²) < 4.78 is 3.00. The quantitative estimate of drug-likeness (QED) is 0.481. The lowest BCUT2D eigenvalue weighted by Crippen LogP contribution is -2.51. The van der Waals surface area contributed by atoms with E-state index in [0.29, 0.717) is 42.7 Å². The van der Waals surface area contributed by atoms with Crippen molar-refractivity contribution in [1.29, 1.82) is 0 Å². The van der Waals surface area contributed by atoms with E-state index in [0.717, 1.165) is 11.3 Å². The second kappa shape index (κ2) is 8.71. The zero-order valence-electron chi connectivity index (χ0n) is 18.8. The Kier molecular flexibility index (Phi) is 5.58. The molecule has 5 rings (SSSR count). The topological polar surface area (TPSA) is 118 Å². The van der Waals surface area contributed by atoms with Gasteiger partial charge in [-0.2, -0.15) is 5.10 Å². The third-order valence-electron chi connectivity index (χ3n) is 6.28. The number of nitrogens with zero attached hydrogens (tertiary/aromatic N) is 6. The second-order valence-corrected chi connectivity index (χ2v) is 8.51. The van der Waals surface area contributed by atoms with Crippen molar-refractivity contribution in [2.24, 2.45) is 0 Å². The first-order chi connectivity index (χ1) is 16.5. The van der Waals surface area contributed by atoms with Crippen LogP contribution in [-0.4, -0.2) is 66.1 Å². The molecule has 0 saturated carbocycles. The van der Waals surface area contributed by atoms with Crippen LogP contribution in [0.3, 0.4) is 0 Å². The van der Waals surface area contributed by atoms with Crippen LogP contribution in [0.1, 0.15) is 12.8 Å². The van der Waals surface area contributed by atoms with Crippen LogP contribution in [0.15, 0.2) is 66.0 Å². The number of benzene rings is 1. The average Bonchev–Trinajstić information content (AvgIpc) is 3.31. The van der Waals surface area contributed by atoms with Crippen molar-refractivity contribution in [3.63, 3.8) is 0 Å². The van der Waals surface area contributed by atoms with Gasteiger partial charge in [-0.1, -0.05) is 30.3 Å². The highest BCUT2D eigenvalue weighted by atomic mass is 16.3. The molecule has 4 aromatic rings. The molecular formula is C24H25N7O3. The van der Waals surface area contributed by atoms with Crippen LogP contribution in [0.2, 0.25) is 0 Å². The maximum Gasteiger partial charge on any atom is 0.317 e. The van der Waals surface area contributed by atoms with Crippen molar-refractivity contribution in [2.45, 2.75) is 25.0 Å². The van der Waals surface area contributed by atoms with Crippen LogP contribution in [0.5, 0.6) is 0 Å². The summed E-state index contributed by atoms with van der Waals surface area (Å²) in [6, 6.07) is 13.5. The standard InChI is InChI=1S/C24H25N7O3/c1-25-23(33)29-11-9-24(34,10-12-29)15-30-16-27-21-19(22(30)32)14-28-31(21)18-7-8-20(26-13-18)17-5-3-2-4-6-17/h2-8,13-14,16,34H,9-12,15H2,1H3,(H,25,33). The molecular weight excluding hydrogens is 434 g/mol. The Morgan fingerprint density at radius 2 is 1.85 bits per heavy atom. The number of likely N-dealkylation sites (tertiary alicyclic amines) is 1. The Hall–Kier alpha value is -4.05. The molecule has 1 aliphatic rings. The molecule has 10 nitrogen and oxygen atoms in total. The number of hydrogen-bond donors (Lipinski definition) is 2. The van der Waals surface area contributed by atoms with Gasteiger partial charge in [0.25, 0.3) is 5.56 Å². The van der Waals surface area contributed by atoms with E-state index < -0.39 is 5.60 Å². The second-order valence-electron chi connectivity index (χ2n) is 8.51. The van der Waals surface area contributed by atoms with Gasteiger partial charge in [-0.25, -0.2) is 14.5 Å². The zero-order valence-corrected chi connectivity index (χ0v) is 18.8. The third kappa shape index (κ3) is 4.03. The first-order valence-corrected chi connectivity index (χ1v) is 11.1. The lowest BCUT2D eigenvalue weighted by molar-refractivity contribution is -0.0264. The van der Waals surface area contributed by atoms with Gasteiger partial charge in [0.2, 0.25) is 0 Å². The van der Waals surface area contributed by atoms with Crippen molar-refractivity contribution in [3.8, 4) is 16.9 Å². The highest BCUT2D eigenvalue weighted by Crippen LogP contribution is 2.24. The molecule has 174 valence electrons. The van der Waals surface area contributed by atoms with Gasteiger partial charge in [0.1, 0.15) is 11.7 Å². The van der Waals surface area contributed by atoms with Crippen LogP contribution in [0, 0.1) is 0 Å². The van der Waals surface area contributed by atoms with Gasteiger partial charge in [-0.15, -0.1) is 0 Å². The normalized spacial score (nSPS) is 15.4. The number of nitrogens with one attached hydrogen (secondary N) is 1. The highest BCUT2D eigenvalue weighted by molar-refractivity contribution is 5.75. The van der Waals surface area contributed by atoms with E-state index in [1.165, 1.54) is 17.1 Å². The molecule has 1 aromatic carbocycles. The molecule has 1 aliphatic heterocycles. The number of aromatic nitrogens is 5. The van der Waals surface area contributed by atoms with Gasteiger partial charge in [-0.3, -0.25) is 14.3 Å². The molecule has 0 unspecified atom stereocenters. The van der Waals surface area contributed by atoms with Crippen LogP contribution in [0.25, 0.3) is 28.0 Å². The Labute approximate surface area is 195 Å². The minimum atomic E-state index is -1.09. The number of carbonyl (C=O) groups is 1. The van der Waals surface area contributed by atoms with Gasteiger partial charge in [0.15, 0.2) is 5.65 Å². The Morgan fingerprint density at radius 3 is 2.53 bits per heavy atom. The van der Waals surface area contributed by atoms with E-state index in [9.17, 15) is 14.7 Å². The monoisotopic (exact) mass is 459 g/mol. The van der Waals surface area contributed by atoms with Crippen LogP contribution in [-0.2, 0) is 6.54 Å². The summed E-state index contributed by atoms with van der Waals surface area (Å²) in [5.41, 5.74) is 1.62. The molecule has 0 aliphatic carbocycles. The third-order valence-corrected chi connectivity index (χ3v) is 6.28. The maximum atomic E-state index is 13.1. The number of rotatable bonds is 4. The predicted molar refractivity (Wildman–Crippen MR) is 127 cm³/mol. The van der Waals surface area contributed by atoms with Crippen LogP contribution >= 0.6 is 0 Å². The first-order valence-electron chi connectivity index (χ1n) is 11.1. The van der Waals surface area contributed by atoms with Crippen LogP contribution < -0.4 is 10.9 Å². The average molecular weight is 460 g/mol. The summed E-state index contributed by atoms with van der Waals surface area (Å²) >= 11 is 0. The predicted octanol–water partition coefficient (Wildman–Crippen LogP) is 1.81. The van der Waals surface area contributed by atoms with Gasteiger partial charge < -0.3 is 15.3 Å². The molecule has 2 amide bonds. The molecule has 1 fully saturated rings. The van der Waals surface area contributed by atoms with Crippen molar-refractivity contribution >= 4 is 17.1 Å². The lowest BCUT2D eigenvalue weighted by atomic mass is 9.91. The molecule has 0 spiro atoms. The zero-order chi connectivity index (χ0) is 23.7.